The van der Waals surface area contributed by atoms with Crippen LogP contribution in [0.3, 0.4) is 0 Å². The largest absolute Gasteiger partial charge is 1.00 e. The molecule has 0 aliphatic rings. The number of methoxy groups -OCH3 is 2. The minimum absolute atomic E-state index is 0. The molecular weight excluding hydrogens is 302 g/mol. The first kappa shape index (κ1) is 22.5. The normalized spacial score (nSPS) is 12.8. The van der Waals surface area contributed by atoms with Gasteiger partial charge in [-0.3, -0.25) is 0 Å². The van der Waals surface area contributed by atoms with Crippen LogP contribution in [0, 0.1) is 18.3 Å². The van der Waals surface area contributed by atoms with Crippen molar-refractivity contribution in [2.45, 2.75) is 41.0 Å². The van der Waals surface area contributed by atoms with Crippen molar-refractivity contribution in [1.29, 1.82) is 0 Å². The Balaban J connectivity index is 0.00000484. The third-order valence-corrected chi connectivity index (χ3v) is 4.69. The number of benzene rings is 1. The fourth-order valence-electron chi connectivity index (χ4n) is 2.68. The molecule has 0 heterocycles. The predicted octanol–water partition coefficient (Wildman–Crippen LogP) is 2.17. The Bertz CT molecular complexity index is 498. The number of aryl methyl sites for hydroxylation is 1. The molecule has 0 aliphatic carbocycles. The van der Waals surface area contributed by atoms with Gasteiger partial charge in [0.15, 0.2) is 0 Å². The number of carbonyl (C=O) groups is 1. The van der Waals surface area contributed by atoms with Gasteiger partial charge in [0.1, 0.15) is 11.5 Å². The van der Waals surface area contributed by atoms with Gasteiger partial charge in [-0.25, -0.2) is 0 Å². The standard InChI is InChI=1S/C18H28O3P.Li/c1-12-8-14(20-6)16(15(9-12)21-7)17(19)22-11-13(2)10-18(3,4)5;/h8-9,13H,10-11H2,1-7H3;/q-1;+1. The maximum absolute atomic E-state index is 12.6. The van der Waals surface area contributed by atoms with E-state index < -0.39 is 0 Å². The SMILES string of the molecule is COc1cc(C)cc(OC)c1C(=O)[P-]CC(C)CC(C)(C)C.[Li+]. The van der Waals surface area contributed by atoms with E-state index in [1.54, 1.807) is 14.2 Å². The molecule has 1 aromatic carbocycles. The molecule has 0 radical (unpaired) electrons. The Hall–Kier alpha value is -0.483. The van der Waals surface area contributed by atoms with Gasteiger partial charge in [0.05, 0.1) is 19.8 Å². The molecule has 3 nitrogen and oxygen atoms in total. The topological polar surface area (TPSA) is 35.5 Å². The van der Waals surface area contributed by atoms with Crippen LogP contribution >= 0.6 is 8.58 Å². The van der Waals surface area contributed by atoms with Crippen molar-refractivity contribution in [2.24, 2.45) is 11.3 Å². The minimum atomic E-state index is 0. The Morgan fingerprint density at radius 3 is 2.04 bits per heavy atom. The first-order chi connectivity index (χ1) is 10.2. The Morgan fingerprint density at radius 2 is 1.65 bits per heavy atom. The number of hydrogen-bond donors (Lipinski definition) is 0. The van der Waals surface area contributed by atoms with Gasteiger partial charge in [0, 0.05) is 5.52 Å². The van der Waals surface area contributed by atoms with E-state index in [4.69, 9.17) is 9.47 Å². The Labute approximate surface area is 154 Å². The second-order valence-electron chi connectivity index (χ2n) is 7.06. The number of hydrogen-bond acceptors (Lipinski definition) is 3. The van der Waals surface area contributed by atoms with E-state index in [0.717, 1.165) is 26.7 Å². The molecule has 1 rings (SSSR count). The number of ether oxygens (including phenoxy) is 2. The molecule has 1 aromatic rings. The van der Waals surface area contributed by atoms with E-state index in [-0.39, 0.29) is 29.8 Å². The minimum Gasteiger partial charge on any atom is -0.496 e. The summed E-state index contributed by atoms with van der Waals surface area (Å²) in [6.07, 6.45) is 1.96. The van der Waals surface area contributed by atoms with Crippen LogP contribution < -0.4 is 28.3 Å². The second-order valence-corrected chi connectivity index (χ2v) is 8.15. The quantitative estimate of drug-likeness (QED) is 0.568. The zero-order chi connectivity index (χ0) is 16.9. The third kappa shape index (κ3) is 7.30. The van der Waals surface area contributed by atoms with Crippen molar-refractivity contribution in [3.8, 4) is 11.5 Å². The summed E-state index contributed by atoms with van der Waals surface area (Å²) in [4.78, 5) is 12.6. The molecule has 0 spiro atoms. The smallest absolute Gasteiger partial charge is 0.496 e. The van der Waals surface area contributed by atoms with Crippen molar-refractivity contribution >= 4 is 14.1 Å². The summed E-state index contributed by atoms with van der Waals surface area (Å²) in [5.74, 6) is 1.70. The van der Waals surface area contributed by atoms with Crippen LogP contribution in [-0.2, 0) is 0 Å². The number of carbonyl (C=O) groups excluding carboxylic acids is 1. The summed E-state index contributed by atoms with van der Waals surface area (Å²) in [5.41, 5.74) is 1.93. The zero-order valence-electron chi connectivity index (χ0n) is 15.8. The summed E-state index contributed by atoms with van der Waals surface area (Å²) < 4.78 is 10.7. The van der Waals surface area contributed by atoms with Crippen LogP contribution in [0.4, 0.5) is 0 Å². The molecule has 0 N–H and O–H groups in total. The molecule has 1 atom stereocenters. The van der Waals surface area contributed by atoms with Gasteiger partial charge in [-0.05, 0) is 36.5 Å². The summed E-state index contributed by atoms with van der Waals surface area (Å²) in [5, 5.41) is 0. The fraction of sp³-hybridized carbons (Fsp3) is 0.611. The van der Waals surface area contributed by atoms with E-state index in [1.165, 1.54) is 0 Å². The zero-order valence-corrected chi connectivity index (χ0v) is 16.7. The van der Waals surface area contributed by atoms with Crippen molar-refractivity contribution in [3.05, 3.63) is 23.3 Å². The first-order valence-corrected chi connectivity index (χ1v) is 8.70. The summed E-state index contributed by atoms with van der Waals surface area (Å²) in [6, 6.07) is 3.76. The molecule has 0 saturated heterocycles. The van der Waals surface area contributed by atoms with Crippen molar-refractivity contribution < 1.29 is 33.1 Å². The van der Waals surface area contributed by atoms with Gasteiger partial charge in [0.2, 0.25) is 0 Å². The van der Waals surface area contributed by atoms with Gasteiger partial charge in [-0.2, -0.15) is 6.16 Å². The molecule has 0 aliphatic heterocycles. The van der Waals surface area contributed by atoms with Crippen LogP contribution in [0.15, 0.2) is 12.1 Å². The van der Waals surface area contributed by atoms with Gasteiger partial charge in [-0.1, -0.05) is 33.6 Å². The molecule has 0 fully saturated rings. The molecule has 0 amide bonds. The van der Waals surface area contributed by atoms with E-state index in [2.05, 4.69) is 27.7 Å². The molecular formula is C18H28LiO3P. The second kappa shape index (κ2) is 9.73. The van der Waals surface area contributed by atoms with E-state index in [1.807, 2.05) is 19.1 Å². The first-order valence-electron chi connectivity index (χ1n) is 7.62. The maximum atomic E-state index is 12.6. The molecule has 1 unspecified atom stereocenters. The average Bonchev–Trinajstić information content (AvgIpc) is 2.41. The van der Waals surface area contributed by atoms with Crippen LogP contribution in [0.5, 0.6) is 11.5 Å². The Kier molecular flexibility index (Phi) is 9.52. The molecule has 23 heavy (non-hydrogen) atoms. The summed E-state index contributed by atoms with van der Waals surface area (Å²) in [7, 11) is 3.97. The van der Waals surface area contributed by atoms with Crippen molar-refractivity contribution in [3.63, 3.8) is 0 Å². The van der Waals surface area contributed by atoms with Crippen LogP contribution in [0.25, 0.3) is 0 Å². The monoisotopic (exact) mass is 330 g/mol. The van der Waals surface area contributed by atoms with Crippen LogP contribution in [0.2, 0.25) is 0 Å². The van der Waals surface area contributed by atoms with Gasteiger partial charge in [0.25, 0.3) is 0 Å². The maximum Gasteiger partial charge on any atom is 1.00 e. The third-order valence-electron chi connectivity index (χ3n) is 3.37. The summed E-state index contributed by atoms with van der Waals surface area (Å²) in [6.45, 7) is 10.9. The van der Waals surface area contributed by atoms with E-state index in [0.29, 0.717) is 23.0 Å². The molecule has 124 valence electrons. The van der Waals surface area contributed by atoms with Crippen LogP contribution in [0.1, 0.15) is 50.0 Å². The van der Waals surface area contributed by atoms with Crippen molar-refractivity contribution in [2.75, 3.05) is 20.4 Å². The van der Waals surface area contributed by atoms with E-state index >= 15 is 0 Å². The summed E-state index contributed by atoms with van der Waals surface area (Å²) >= 11 is 0. The predicted molar refractivity (Wildman–Crippen MR) is 93.6 cm³/mol. The Morgan fingerprint density at radius 1 is 1.17 bits per heavy atom. The van der Waals surface area contributed by atoms with Gasteiger partial charge in [-0.15, -0.1) is 0 Å². The van der Waals surface area contributed by atoms with Gasteiger partial charge >= 0.3 is 18.9 Å². The molecule has 0 saturated carbocycles. The molecule has 5 heteroatoms. The van der Waals surface area contributed by atoms with Crippen molar-refractivity contribution in [1.82, 2.24) is 0 Å². The number of rotatable bonds is 7. The molecule has 0 bridgehead atoms. The molecule has 0 aromatic heterocycles. The van der Waals surface area contributed by atoms with Crippen LogP contribution in [-0.4, -0.2) is 25.9 Å². The van der Waals surface area contributed by atoms with Gasteiger partial charge < -0.3 is 22.8 Å². The average molecular weight is 330 g/mol. The van der Waals surface area contributed by atoms with E-state index in [9.17, 15) is 4.79 Å². The fourth-order valence-corrected chi connectivity index (χ4v) is 3.67.